The first kappa shape index (κ1) is 32.6. The van der Waals surface area contributed by atoms with Crippen LogP contribution in [0.15, 0.2) is 163 Å². The van der Waals surface area contributed by atoms with Crippen LogP contribution in [0.1, 0.15) is 46.2 Å². The molecule has 1 N–H and O–H groups in total. The molecule has 0 spiro atoms. The summed E-state index contributed by atoms with van der Waals surface area (Å²) >= 11 is 0. The van der Waals surface area contributed by atoms with Crippen molar-refractivity contribution in [2.75, 3.05) is 7.05 Å². The van der Waals surface area contributed by atoms with Crippen LogP contribution in [0.3, 0.4) is 0 Å². The minimum Gasteiger partial charge on any atom is -0.340 e. The van der Waals surface area contributed by atoms with Crippen molar-refractivity contribution in [1.82, 2.24) is 10.3 Å². The molecule has 1 aromatic heterocycles. The first-order chi connectivity index (χ1) is 26.2. The Kier molecular flexibility index (Phi) is 8.83. The summed E-state index contributed by atoms with van der Waals surface area (Å²) < 4.78 is 0. The summed E-state index contributed by atoms with van der Waals surface area (Å²) in [5, 5.41) is 9.04. The lowest BCUT2D eigenvalue weighted by Gasteiger charge is -2.26. The van der Waals surface area contributed by atoms with Crippen molar-refractivity contribution in [1.29, 1.82) is 0 Å². The average Bonchev–Trinajstić information content (AvgIpc) is 3.24. The molecule has 7 aromatic rings. The van der Waals surface area contributed by atoms with Gasteiger partial charge in [-0.15, -0.1) is 0 Å². The summed E-state index contributed by atoms with van der Waals surface area (Å²) in [5.41, 5.74) is 15.1. The molecule has 0 saturated heterocycles. The number of rotatable bonds is 7. The first-order valence-corrected chi connectivity index (χ1v) is 18.7. The standard InChI is InChI=1S/C50H41N3/c1-51-50(41-26-27-47-45-17-5-4-15-43(45)44-16-6-7-18-46(44)48(47)32-41)53-49(40-13-8-12-38(31-40)42-14-9-29-52-33-42)28-21-34-19-22-36(23-20-34)39-25-24-35-10-2-3-11-37(35)30-39/h2-4,6-16,18-20,22-25,28-33H,5,17,21,26-27H2,1H3,(H,51,53)/b49-28-. The van der Waals surface area contributed by atoms with Gasteiger partial charge >= 0.3 is 0 Å². The molecule has 0 radical (unpaired) electrons. The fourth-order valence-corrected chi connectivity index (χ4v) is 8.12. The second-order valence-corrected chi connectivity index (χ2v) is 14.0. The number of amidine groups is 1. The molecule has 53 heavy (non-hydrogen) atoms. The van der Waals surface area contributed by atoms with Crippen molar-refractivity contribution in [3.63, 3.8) is 0 Å². The van der Waals surface area contributed by atoms with E-state index >= 15 is 0 Å². The van der Waals surface area contributed by atoms with Crippen LogP contribution in [0.4, 0.5) is 0 Å². The second kappa shape index (κ2) is 14.4. The summed E-state index contributed by atoms with van der Waals surface area (Å²) in [6.07, 6.45) is 18.1. The van der Waals surface area contributed by atoms with E-state index in [1.807, 2.05) is 25.5 Å². The van der Waals surface area contributed by atoms with Crippen molar-refractivity contribution in [2.45, 2.75) is 32.1 Å². The maximum Gasteiger partial charge on any atom is 0.128 e. The van der Waals surface area contributed by atoms with E-state index in [1.165, 1.54) is 66.1 Å². The third-order valence-corrected chi connectivity index (χ3v) is 10.9. The van der Waals surface area contributed by atoms with Crippen LogP contribution in [0, 0.1) is 0 Å². The SMILES string of the molecule is CN=C(N/C(=C\Cc1ccc(-c2ccc3ccccc3c2)cc1)c1cccc(-c2cccnc2)c1)C1=Cc2c(c3c(c4ccccc24)C=CCC3)CC1. The van der Waals surface area contributed by atoms with Gasteiger partial charge in [-0.1, -0.05) is 127 Å². The molecule has 6 aromatic carbocycles. The van der Waals surface area contributed by atoms with Crippen molar-refractivity contribution >= 4 is 45.2 Å². The molecule has 0 saturated carbocycles. The molecule has 2 aliphatic carbocycles. The van der Waals surface area contributed by atoms with Crippen LogP contribution >= 0.6 is 0 Å². The number of hydrogen-bond acceptors (Lipinski definition) is 2. The highest BCUT2D eigenvalue weighted by molar-refractivity contribution is 6.09. The van der Waals surface area contributed by atoms with Gasteiger partial charge in [0, 0.05) is 30.7 Å². The highest BCUT2D eigenvalue weighted by Crippen LogP contribution is 2.39. The van der Waals surface area contributed by atoms with Crippen molar-refractivity contribution < 1.29 is 0 Å². The van der Waals surface area contributed by atoms with Crippen LogP contribution in [0.2, 0.25) is 0 Å². The fraction of sp³-hybridized carbons (Fsp3) is 0.120. The number of nitrogens with one attached hydrogen (secondary N) is 1. The summed E-state index contributed by atoms with van der Waals surface area (Å²) in [4.78, 5) is 9.28. The number of allylic oxidation sites excluding steroid dienone is 2. The Labute approximate surface area is 311 Å². The Morgan fingerprint density at radius 2 is 1.43 bits per heavy atom. The number of benzene rings is 6. The van der Waals surface area contributed by atoms with E-state index < -0.39 is 0 Å². The summed E-state index contributed by atoms with van der Waals surface area (Å²) in [7, 11) is 1.91. The zero-order valence-electron chi connectivity index (χ0n) is 30.0. The van der Waals surface area contributed by atoms with Crippen molar-refractivity contribution in [3.05, 3.63) is 191 Å². The van der Waals surface area contributed by atoms with Gasteiger partial charge in [-0.25, -0.2) is 0 Å². The highest BCUT2D eigenvalue weighted by atomic mass is 15.0. The molecule has 0 unspecified atom stereocenters. The number of hydrogen-bond donors (Lipinski definition) is 1. The second-order valence-electron chi connectivity index (χ2n) is 14.0. The van der Waals surface area contributed by atoms with E-state index in [0.717, 1.165) is 60.3 Å². The number of nitrogens with zero attached hydrogens (tertiary/aromatic N) is 2. The minimum absolute atomic E-state index is 0.778. The monoisotopic (exact) mass is 683 g/mol. The zero-order valence-corrected chi connectivity index (χ0v) is 30.0. The van der Waals surface area contributed by atoms with E-state index in [2.05, 4.69) is 156 Å². The molecular weight excluding hydrogens is 643 g/mol. The number of fused-ring (bicyclic) bond motifs is 7. The van der Waals surface area contributed by atoms with Gasteiger partial charge in [0.25, 0.3) is 0 Å². The van der Waals surface area contributed by atoms with E-state index in [9.17, 15) is 0 Å². The van der Waals surface area contributed by atoms with Gasteiger partial charge in [0.05, 0.1) is 0 Å². The molecule has 0 bridgehead atoms. The summed E-state index contributed by atoms with van der Waals surface area (Å²) in [6.45, 7) is 0. The maximum atomic E-state index is 4.90. The zero-order chi connectivity index (χ0) is 35.6. The Bertz CT molecular complexity index is 2610. The molecule has 2 aliphatic rings. The first-order valence-electron chi connectivity index (χ1n) is 18.7. The van der Waals surface area contributed by atoms with E-state index in [0.29, 0.717) is 0 Å². The molecule has 256 valence electrons. The maximum absolute atomic E-state index is 4.90. The quantitative estimate of drug-likeness (QED) is 0.134. The third kappa shape index (κ3) is 6.51. The lowest BCUT2D eigenvalue weighted by Crippen LogP contribution is -2.26. The molecular formula is C50H41N3. The van der Waals surface area contributed by atoms with Crippen molar-refractivity contribution in [2.24, 2.45) is 4.99 Å². The van der Waals surface area contributed by atoms with E-state index in [1.54, 1.807) is 0 Å². The molecule has 0 aliphatic heterocycles. The summed E-state index contributed by atoms with van der Waals surface area (Å²) in [5.74, 6) is 0.919. The Morgan fingerprint density at radius 1 is 0.679 bits per heavy atom. The molecule has 0 amide bonds. The van der Waals surface area contributed by atoms with E-state index in [-0.39, 0.29) is 0 Å². The average molecular weight is 684 g/mol. The topological polar surface area (TPSA) is 37.3 Å². The van der Waals surface area contributed by atoms with Crippen LogP contribution in [-0.4, -0.2) is 17.9 Å². The van der Waals surface area contributed by atoms with Gasteiger partial charge < -0.3 is 5.32 Å². The van der Waals surface area contributed by atoms with Gasteiger partial charge in [0.1, 0.15) is 5.84 Å². The molecule has 1 heterocycles. The van der Waals surface area contributed by atoms with Gasteiger partial charge in [-0.2, -0.15) is 0 Å². The van der Waals surface area contributed by atoms with Crippen LogP contribution in [0.25, 0.3) is 61.6 Å². The molecule has 9 rings (SSSR count). The molecule has 0 fully saturated rings. The van der Waals surface area contributed by atoms with Gasteiger partial charge in [0.2, 0.25) is 0 Å². The van der Waals surface area contributed by atoms with Gasteiger partial charge in [-0.3, -0.25) is 9.98 Å². The van der Waals surface area contributed by atoms with E-state index in [4.69, 9.17) is 4.99 Å². The number of aliphatic imine (C=N–C) groups is 1. The summed E-state index contributed by atoms with van der Waals surface area (Å²) in [6, 6.07) is 46.0. The molecule has 0 atom stereocenters. The van der Waals surface area contributed by atoms with Gasteiger partial charge in [-0.05, 0) is 134 Å². The predicted octanol–water partition coefficient (Wildman–Crippen LogP) is 11.9. The molecule has 3 heteroatoms. The fourth-order valence-electron chi connectivity index (χ4n) is 8.12. The van der Waals surface area contributed by atoms with Crippen molar-refractivity contribution in [3.8, 4) is 22.3 Å². The minimum atomic E-state index is 0.778. The lowest BCUT2D eigenvalue weighted by atomic mass is 9.79. The Morgan fingerprint density at radius 3 is 2.26 bits per heavy atom. The van der Waals surface area contributed by atoms with Crippen LogP contribution < -0.4 is 5.32 Å². The smallest absolute Gasteiger partial charge is 0.128 e. The van der Waals surface area contributed by atoms with Crippen LogP contribution in [-0.2, 0) is 19.3 Å². The number of pyridine rings is 1. The Balaban J connectivity index is 1.06. The third-order valence-electron chi connectivity index (χ3n) is 10.9. The highest BCUT2D eigenvalue weighted by Gasteiger charge is 2.23. The normalized spacial score (nSPS) is 14.2. The number of aromatic nitrogens is 1. The molecule has 3 nitrogen and oxygen atoms in total. The lowest BCUT2D eigenvalue weighted by molar-refractivity contribution is 0.896. The Hall–Kier alpha value is -6.32. The predicted molar refractivity (Wildman–Crippen MR) is 225 cm³/mol. The largest absolute Gasteiger partial charge is 0.340 e. The van der Waals surface area contributed by atoms with Gasteiger partial charge in [0.15, 0.2) is 0 Å². The van der Waals surface area contributed by atoms with Crippen LogP contribution in [0.5, 0.6) is 0 Å².